The number of carbonyl (C=O) groups is 2. The van der Waals surface area contributed by atoms with Gasteiger partial charge in [-0.25, -0.2) is 9.59 Å². The van der Waals surface area contributed by atoms with E-state index in [-0.39, 0.29) is 13.2 Å². The molecule has 5 nitrogen and oxygen atoms in total. The van der Waals surface area contributed by atoms with Gasteiger partial charge in [-0.15, -0.1) is 12.8 Å². The van der Waals surface area contributed by atoms with Gasteiger partial charge in [0.05, 0.1) is 0 Å². The third-order valence-electron chi connectivity index (χ3n) is 1.39. The van der Waals surface area contributed by atoms with Crippen LogP contribution in [0.3, 0.4) is 0 Å². The Labute approximate surface area is 94.1 Å². The zero-order valence-electron chi connectivity index (χ0n) is 9.11. The molecule has 0 aromatic rings. The SMILES string of the molecule is C#CCOC(=O)OC(C)(C)C(=O)OCC#C. The molecule has 0 unspecified atom stereocenters. The molecule has 0 rings (SSSR count). The van der Waals surface area contributed by atoms with Crippen LogP contribution in [0.15, 0.2) is 0 Å². The molecule has 0 saturated heterocycles. The normalized spacial score (nSPS) is 9.50. The maximum Gasteiger partial charge on any atom is 0.510 e. The van der Waals surface area contributed by atoms with Gasteiger partial charge in [0.2, 0.25) is 5.60 Å². The molecule has 16 heavy (non-hydrogen) atoms. The van der Waals surface area contributed by atoms with Gasteiger partial charge in [0.15, 0.2) is 13.2 Å². The Balaban J connectivity index is 4.23. The van der Waals surface area contributed by atoms with Crippen molar-refractivity contribution in [3.05, 3.63) is 0 Å². The second-order valence-electron chi connectivity index (χ2n) is 3.14. The lowest BCUT2D eigenvalue weighted by Crippen LogP contribution is -2.39. The average Bonchev–Trinajstić information content (AvgIpc) is 2.22. The van der Waals surface area contributed by atoms with Crippen LogP contribution in [-0.2, 0) is 19.0 Å². The smallest absolute Gasteiger partial charge is 0.450 e. The fraction of sp³-hybridized carbons (Fsp3) is 0.455. The number of hydrogen-bond donors (Lipinski definition) is 0. The highest BCUT2D eigenvalue weighted by Crippen LogP contribution is 2.12. The summed E-state index contributed by atoms with van der Waals surface area (Å²) in [6.45, 7) is 2.28. The van der Waals surface area contributed by atoms with E-state index in [0.717, 1.165) is 0 Å². The van der Waals surface area contributed by atoms with E-state index >= 15 is 0 Å². The molecule has 0 radical (unpaired) electrons. The molecule has 5 heteroatoms. The van der Waals surface area contributed by atoms with Crippen LogP contribution in [0, 0.1) is 24.7 Å². The standard InChI is InChI=1S/C11H12O5/c1-5-7-14-9(12)11(3,4)16-10(13)15-8-6-2/h1-2H,7-8H2,3-4H3. The van der Waals surface area contributed by atoms with E-state index in [0.29, 0.717) is 0 Å². The predicted octanol–water partition coefficient (Wildman–Crippen LogP) is 0.728. The molecule has 0 fully saturated rings. The summed E-state index contributed by atoms with van der Waals surface area (Å²) in [5.74, 6) is 3.44. The van der Waals surface area contributed by atoms with Crippen molar-refractivity contribution in [1.82, 2.24) is 0 Å². The lowest BCUT2D eigenvalue weighted by Gasteiger charge is -2.21. The highest BCUT2D eigenvalue weighted by atomic mass is 16.7. The van der Waals surface area contributed by atoms with Gasteiger partial charge in [0, 0.05) is 0 Å². The first-order chi connectivity index (χ1) is 7.44. The summed E-state index contributed by atoms with van der Waals surface area (Å²) >= 11 is 0. The zero-order valence-corrected chi connectivity index (χ0v) is 9.11. The molecule has 0 amide bonds. The highest BCUT2D eigenvalue weighted by molar-refractivity contribution is 5.81. The fourth-order valence-corrected chi connectivity index (χ4v) is 0.661. The Kier molecular flexibility index (Phi) is 5.51. The quantitative estimate of drug-likeness (QED) is 0.520. The summed E-state index contributed by atoms with van der Waals surface area (Å²) in [5, 5.41) is 0. The minimum atomic E-state index is -1.47. The van der Waals surface area contributed by atoms with Gasteiger partial charge in [0.1, 0.15) is 0 Å². The van der Waals surface area contributed by atoms with Gasteiger partial charge >= 0.3 is 12.1 Å². The molecule has 0 aromatic carbocycles. The minimum Gasteiger partial charge on any atom is -0.450 e. The van der Waals surface area contributed by atoms with Gasteiger partial charge in [-0.1, -0.05) is 11.8 Å². The first kappa shape index (κ1) is 13.9. The molecule has 0 saturated carbocycles. The monoisotopic (exact) mass is 224 g/mol. The fourth-order valence-electron chi connectivity index (χ4n) is 0.661. The van der Waals surface area contributed by atoms with Crippen molar-refractivity contribution >= 4 is 12.1 Å². The van der Waals surface area contributed by atoms with Gasteiger partial charge in [0.25, 0.3) is 0 Å². The van der Waals surface area contributed by atoms with Crippen LogP contribution >= 0.6 is 0 Å². The van der Waals surface area contributed by atoms with E-state index in [1.54, 1.807) is 0 Å². The Bertz CT molecular complexity index is 342. The van der Waals surface area contributed by atoms with E-state index in [1.807, 2.05) is 0 Å². The Morgan fingerprint density at radius 1 is 1.12 bits per heavy atom. The number of rotatable bonds is 4. The van der Waals surface area contributed by atoms with Crippen molar-refractivity contribution < 1.29 is 23.8 Å². The van der Waals surface area contributed by atoms with Crippen LogP contribution in [0.2, 0.25) is 0 Å². The minimum absolute atomic E-state index is 0.189. The maximum atomic E-state index is 11.3. The van der Waals surface area contributed by atoms with Crippen LogP contribution in [0.5, 0.6) is 0 Å². The number of terminal acetylenes is 2. The van der Waals surface area contributed by atoms with Crippen molar-refractivity contribution in [1.29, 1.82) is 0 Å². The highest BCUT2D eigenvalue weighted by Gasteiger charge is 2.34. The van der Waals surface area contributed by atoms with Crippen LogP contribution in [-0.4, -0.2) is 30.9 Å². The third kappa shape index (κ3) is 4.92. The van der Waals surface area contributed by atoms with Crippen LogP contribution in [0.25, 0.3) is 0 Å². The summed E-state index contributed by atoms with van der Waals surface area (Å²) in [5.41, 5.74) is -1.47. The van der Waals surface area contributed by atoms with E-state index in [9.17, 15) is 9.59 Å². The molecule has 0 spiro atoms. The lowest BCUT2D eigenvalue weighted by atomic mass is 10.1. The van der Waals surface area contributed by atoms with Gasteiger partial charge in [-0.05, 0) is 13.8 Å². The van der Waals surface area contributed by atoms with E-state index in [1.165, 1.54) is 13.8 Å². The van der Waals surface area contributed by atoms with E-state index in [4.69, 9.17) is 17.6 Å². The lowest BCUT2D eigenvalue weighted by molar-refractivity contribution is -0.162. The second kappa shape index (κ2) is 6.36. The molecule has 0 aromatic heterocycles. The van der Waals surface area contributed by atoms with Crippen molar-refractivity contribution in [3.8, 4) is 24.7 Å². The van der Waals surface area contributed by atoms with Crippen molar-refractivity contribution in [2.45, 2.75) is 19.4 Å². The largest absolute Gasteiger partial charge is 0.510 e. The molecule has 0 bridgehead atoms. The molecule has 0 aliphatic carbocycles. The number of hydrogen-bond acceptors (Lipinski definition) is 5. The molecule has 0 heterocycles. The topological polar surface area (TPSA) is 61.8 Å². The Hall–Kier alpha value is -2.14. The van der Waals surface area contributed by atoms with Crippen LogP contribution in [0.1, 0.15) is 13.8 Å². The zero-order chi connectivity index (χ0) is 12.6. The summed E-state index contributed by atoms with van der Waals surface area (Å²) < 4.78 is 13.7. The molecular weight excluding hydrogens is 212 g/mol. The van der Waals surface area contributed by atoms with E-state index in [2.05, 4.69) is 21.3 Å². The number of esters is 1. The van der Waals surface area contributed by atoms with Crippen molar-refractivity contribution in [2.75, 3.05) is 13.2 Å². The Morgan fingerprint density at radius 2 is 1.62 bits per heavy atom. The second-order valence-corrected chi connectivity index (χ2v) is 3.14. The van der Waals surface area contributed by atoms with Crippen molar-refractivity contribution in [3.63, 3.8) is 0 Å². The Morgan fingerprint density at radius 3 is 2.12 bits per heavy atom. The molecule has 86 valence electrons. The molecule has 0 aliphatic rings. The summed E-state index contributed by atoms with van der Waals surface area (Å²) in [6.07, 6.45) is 8.73. The van der Waals surface area contributed by atoms with Crippen molar-refractivity contribution in [2.24, 2.45) is 0 Å². The summed E-state index contributed by atoms with van der Waals surface area (Å²) in [6, 6.07) is 0. The van der Waals surface area contributed by atoms with Gasteiger partial charge in [-0.2, -0.15) is 0 Å². The summed E-state index contributed by atoms with van der Waals surface area (Å²) in [7, 11) is 0. The van der Waals surface area contributed by atoms with Gasteiger partial charge < -0.3 is 14.2 Å². The van der Waals surface area contributed by atoms with Gasteiger partial charge in [-0.3, -0.25) is 0 Å². The first-order valence-corrected chi connectivity index (χ1v) is 4.34. The van der Waals surface area contributed by atoms with Crippen LogP contribution in [0.4, 0.5) is 4.79 Å². The number of ether oxygens (including phenoxy) is 3. The first-order valence-electron chi connectivity index (χ1n) is 4.34. The molecule has 0 N–H and O–H groups in total. The van der Waals surface area contributed by atoms with Crippen LogP contribution < -0.4 is 0 Å². The third-order valence-corrected chi connectivity index (χ3v) is 1.39. The number of carbonyl (C=O) groups excluding carboxylic acids is 2. The maximum absolute atomic E-state index is 11.3. The molecule has 0 aliphatic heterocycles. The molecule has 0 atom stereocenters. The molecular formula is C11H12O5. The average molecular weight is 224 g/mol. The summed E-state index contributed by atoms with van der Waals surface area (Å²) in [4.78, 5) is 22.3. The van der Waals surface area contributed by atoms with E-state index < -0.39 is 17.7 Å². The predicted molar refractivity (Wildman–Crippen MR) is 55.1 cm³/mol.